The van der Waals surface area contributed by atoms with E-state index in [1.165, 1.54) is 10.4 Å². The molecule has 0 fully saturated rings. The molecule has 0 aliphatic heterocycles. The van der Waals surface area contributed by atoms with E-state index in [1.54, 1.807) is 22.3 Å². The van der Waals surface area contributed by atoms with E-state index < -0.39 is 0 Å². The minimum absolute atomic E-state index is 0.358. The lowest BCUT2D eigenvalue weighted by atomic mass is 10.2. The van der Waals surface area contributed by atoms with Crippen molar-refractivity contribution >= 4 is 11.3 Å². The van der Waals surface area contributed by atoms with Crippen LogP contribution in [-0.4, -0.2) is 14.8 Å². The minimum Gasteiger partial charge on any atom is -0.302 e. The van der Waals surface area contributed by atoms with Gasteiger partial charge in [0.2, 0.25) is 0 Å². The lowest BCUT2D eigenvalue weighted by Gasteiger charge is -2.12. The molecular weight excluding hydrogens is 220 g/mol. The molecule has 0 saturated heterocycles. The first-order chi connectivity index (χ1) is 7.68. The Balaban J connectivity index is 1.97. The molecule has 1 unspecified atom stereocenters. The zero-order valence-electron chi connectivity index (χ0n) is 9.77. The molecule has 16 heavy (non-hydrogen) atoms. The van der Waals surface area contributed by atoms with Gasteiger partial charge in [-0.05, 0) is 30.9 Å². The third kappa shape index (κ3) is 2.31. The molecule has 1 atom stereocenters. The van der Waals surface area contributed by atoms with Gasteiger partial charge in [-0.15, -0.1) is 11.3 Å². The summed E-state index contributed by atoms with van der Waals surface area (Å²) in [5.41, 5.74) is 1.35. The Labute approximate surface area is 99.3 Å². The quantitative estimate of drug-likeness (QED) is 0.883. The first kappa shape index (κ1) is 11.3. The molecule has 4 nitrogen and oxygen atoms in total. The molecule has 0 bridgehead atoms. The van der Waals surface area contributed by atoms with Crippen molar-refractivity contribution in [3.8, 4) is 0 Å². The molecule has 2 rings (SSSR count). The van der Waals surface area contributed by atoms with Gasteiger partial charge in [0.05, 0.1) is 6.54 Å². The SMILES string of the molecule is Cc1ccsc1C(C)NCc1ncnn1C. The van der Waals surface area contributed by atoms with Crippen LogP contribution in [0.1, 0.15) is 29.2 Å². The normalized spacial score (nSPS) is 12.9. The predicted octanol–water partition coefficient (Wildman–Crippen LogP) is 2.04. The Morgan fingerprint density at radius 2 is 2.38 bits per heavy atom. The van der Waals surface area contributed by atoms with Crippen molar-refractivity contribution in [2.45, 2.75) is 26.4 Å². The highest BCUT2D eigenvalue weighted by Crippen LogP contribution is 2.23. The first-order valence-corrected chi connectivity index (χ1v) is 6.16. The highest BCUT2D eigenvalue weighted by molar-refractivity contribution is 7.10. The van der Waals surface area contributed by atoms with Crippen LogP contribution in [0.25, 0.3) is 0 Å². The van der Waals surface area contributed by atoms with E-state index in [0.717, 1.165) is 12.4 Å². The zero-order chi connectivity index (χ0) is 11.5. The molecule has 0 spiro atoms. The average molecular weight is 236 g/mol. The minimum atomic E-state index is 0.358. The lowest BCUT2D eigenvalue weighted by Crippen LogP contribution is -2.20. The summed E-state index contributed by atoms with van der Waals surface area (Å²) in [6, 6.07) is 2.51. The maximum Gasteiger partial charge on any atom is 0.140 e. The highest BCUT2D eigenvalue weighted by atomic mass is 32.1. The fraction of sp³-hybridized carbons (Fsp3) is 0.455. The van der Waals surface area contributed by atoms with Crippen LogP contribution in [0.4, 0.5) is 0 Å². The number of rotatable bonds is 4. The molecule has 86 valence electrons. The maximum absolute atomic E-state index is 4.18. The van der Waals surface area contributed by atoms with Crippen molar-refractivity contribution in [2.75, 3.05) is 0 Å². The summed E-state index contributed by atoms with van der Waals surface area (Å²) in [6.45, 7) is 5.07. The second kappa shape index (κ2) is 4.76. The van der Waals surface area contributed by atoms with Gasteiger partial charge in [0.25, 0.3) is 0 Å². The maximum atomic E-state index is 4.18. The summed E-state index contributed by atoms with van der Waals surface area (Å²) in [5, 5.41) is 9.63. The van der Waals surface area contributed by atoms with Crippen LogP contribution in [-0.2, 0) is 13.6 Å². The Hall–Kier alpha value is -1.20. The molecule has 0 saturated carbocycles. The summed E-state index contributed by atoms with van der Waals surface area (Å²) >= 11 is 1.79. The molecule has 2 heterocycles. The topological polar surface area (TPSA) is 42.7 Å². The van der Waals surface area contributed by atoms with E-state index in [4.69, 9.17) is 0 Å². The van der Waals surface area contributed by atoms with E-state index in [2.05, 4.69) is 40.7 Å². The molecule has 1 N–H and O–H groups in total. The molecule has 0 radical (unpaired) electrons. The summed E-state index contributed by atoms with van der Waals surface area (Å²) in [5.74, 6) is 0.959. The van der Waals surface area contributed by atoms with E-state index in [1.807, 2.05) is 7.05 Å². The smallest absolute Gasteiger partial charge is 0.140 e. The number of thiophene rings is 1. The number of nitrogens with one attached hydrogen (secondary N) is 1. The lowest BCUT2D eigenvalue weighted by molar-refractivity contribution is 0.545. The number of hydrogen-bond acceptors (Lipinski definition) is 4. The third-order valence-electron chi connectivity index (χ3n) is 2.67. The third-order valence-corrected chi connectivity index (χ3v) is 3.87. The van der Waals surface area contributed by atoms with Crippen molar-refractivity contribution in [1.29, 1.82) is 0 Å². The molecule has 0 aliphatic rings. The molecule has 0 aliphatic carbocycles. The van der Waals surface area contributed by atoms with Crippen molar-refractivity contribution in [1.82, 2.24) is 20.1 Å². The van der Waals surface area contributed by atoms with Crippen molar-refractivity contribution in [3.63, 3.8) is 0 Å². The van der Waals surface area contributed by atoms with Crippen LogP contribution < -0.4 is 5.32 Å². The van der Waals surface area contributed by atoms with Crippen LogP contribution in [0.3, 0.4) is 0 Å². The van der Waals surface area contributed by atoms with Crippen LogP contribution in [0, 0.1) is 6.92 Å². The fourth-order valence-corrected chi connectivity index (χ4v) is 2.61. The van der Waals surface area contributed by atoms with Crippen LogP contribution in [0.5, 0.6) is 0 Å². The fourth-order valence-electron chi connectivity index (χ4n) is 1.65. The first-order valence-electron chi connectivity index (χ1n) is 5.28. The molecule has 0 aromatic carbocycles. The number of nitrogens with zero attached hydrogens (tertiary/aromatic N) is 3. The van der Waals surface area contributed by atoms with Gasteiger partial charge in [0, 0.05) is 18.0 Å². The largest absolute Gasteiger partial charge is 0.302 e. The molecule has 2 aromatic heterocycles. The highest BCUT2D eigenvalue weighted by Gasteiger charge is 2.10. The second-order valence-corrected chi connectivity index (χ2v) is 4.82. The second-order valence-electron chi connectivity index (χ2n) is 3.87. The van der Waals surface area contributed by atoms with Gasteiger partial charge in [-0.1, -0.05) is 0 Å². The number of hydrogen-bond donors (Lipinski definition) is 1. The van der Waals surface area contributed by atoms with Gasteiger partial charge in [0.1, 0.15) is 12.2 Å². The van der Waals surface area contributed by atoms with Gasteiger partial charge < -0.3 is 5.32 Å². The molecular formula is C11H16N4S. The van der Waals surface area contributed by atoms with Crippen molar-refractivity contribution in [3.05, 3.63) is 34.0 Å². The van der Waals surface area contributed by atoms with Crippen LogP contribution >= 0.6 is 11.3 Å². The number of aromatic nitrogens is 3. The Kier molecular flexibility index (Phi) is 3.36. The summed E-state index contributed by atoms with van der Waals surface area (Å²) in [6.07, 6.45) is 1.58. The Morgan fingerprint density at radius 1 is 1.56 bits per heavy atom. The van der Waals surface area contributed by atoms with Crippen LogP contribution in [0.15, 0.2) is 17.8 Å². The Morgan fingerprint density at radius 3 is 2.94 bits per heavy atom. The van der Waals surface area contributed by atoms with E-state index in [9.17, 15) is 0 Å². The Bertz CT molecular complexity index is 460. The standard InChI is InChI=1S/C11H16N4S/c1-8-4-5-16-11(8)9(2)12-6-10-13-7-14-15(10)3/h4-5,7,9,12H,6H2,1-3H3. The molecule has 2 aromatic rings. The van der Waals surface area contributed by atoms with Gasteiger partial charge in [-0.25, -0.2) is 4.98 Å². The average Bonchev–Trinajstić information content (AvgIpc) is 2.84. The molecule has 0 amide bonds. The van der Waals surface area contributed by atoms with Gasteiger partial charge in [-0.2, -0.15) is 5.10 Å². The van der Waals surface area contributed by atoms with E-state index in [0.29, 0.717) is 6.04 Å². The van der Waals surface area contributed by atoms with Crippen molar-refractivity contribution in [2.24, 2.45) is 7.05 Å². The zero-order valence-corrected chi connectivity index (χ0v) is 10.6. The van der Waals surface area contributed by atoms with Gasteiger partial charge in [-0.3, -0.25) is 4.68 Å². The van der Waals surface area contributed by atoms with Crippen molar-refractivity contribution < 1.29 is 0 Å². The summed E-state index contributed by atoms with van der Waals surface area (Å²) in [4.78, 5) is 5.58. The van der Waals surface area contributed by atoms with E-state index in [-0.39, 0.29) is 0 Å². The predicted molar refractivity (Wildman–Crippen MR) is 65.3 cm³/mol. The van der Waals surface area contributed by atoms with Gasteiger partial charge >= 0.3 is 0 Å². The van der Waals surface area contributed by atoms with Gasteiger partial charge in [0.15, 0.2) is 0 Å². The molecule has 5 heteroatoms. The monoisotopic (exact) mass is 236 g/mol. The van der Waals surface area contributed by atoms with Crippen LogP contribution in [0.2, 0.25) is 0 Å². The summed E-state index contributed by atoms with van der Waals surface area (Å²) in [7, 11) is 1.91. The van der Waals surface area contributed by atoms with E-state index >= 15 is 0 Å². The number of aryl methyl sites for hydroxylation is 2. The summed E-state index contributed by atoms with van der Waals surface area (Å²) < 4.78 is 1.79.